The Labute approximate surface area is 282 Å². The Morgan fingerprint density at radius 2 is 1.62 bits per heavy atom. The quantitative estimate of drug-likeness (QED) is 0.407. The summed E-state index contributed by atoms with van der Waals surface area (Å²) in [7, 11) is 0. The average molecular weight is 668 g/mol. The maximum Gasteiger partial charge on any atom is 0.263 e. The van der Waals surface area contributed by atoms with Gasteiger partial charge >= 0.3 is 0 Å². The van der Waals surface area contributed by atoms with Gasteiger partial charge in [-0.2, -0.15) is 5.10 Å². The molecule has 2 aromatic heterocycles. The first-order chi connectivity index (χ1) is 23.3. The summed E-state index contributed by atoms with van der Waals surface area (Å²) in [5.74, 6) is -0.473. The normalized spacial score (nSPS) is 26.7. The van der Waals surface area contributed by atoms with Gasteiger partial charge in [-0.05, 0) is 38.6 Å². The van der Waals surface area contributed by atoms with Crippen molar-refractivity contribution < 1.29 is 18.4 Å². The molecule has 13 heteroatoms. The van der Waals surface area contributed by atoms with E-state index in [4.69, 9.17) is 5.73 Å². The summed E-state index contributed by atoms with van der Waals surface area (Å²) >= 11 is 0. The Bertz CT molecular complexity index is 1450. The maximum absolute atomic E-state index is 15.9. The van der Waals surface area contributed by atoms with Crippen LogP contribution in [0.1, 0.15) is 100 Å². The van der Waals surface area contributed by atoms with E-state index >= 15 is 8.78 Å². The Hall–Kier alpha value is -3.48. The molecule has 0 aromatic carbocycles. The minimum absolute atomic E-state index is 0.00274. The van der Waals surface area contributed by atoms with E-state index in [0.717, 1.165) is 64.2 Å². The second-order valence-corrected chi connectivity index (χ2v) is 14.7. The van der Waals surface area contributed by atoms with E-state index in [2.05, 4.69) is 25.6 Å². The molecule has 4 N–H and O–H groups in total. The number of fused-ring (bicyclic) bond motifs is 2. The number of nitrogen functional groups attached to an aromatic ring is 1. The van der Waals surface area contributed by atoms with E-state index in [1.54, 1.807) is 0 Å². The second-order valence-electron chi connectivity index (χ2n) is 14.7. The van der Waals surface area contributed by atoms with Crippen LogP contribution in [0, 0.1) is 11.7 Å². The predicted molar refractivity (Wildman–Crippen MR) is 182 cm³/mol. The first-order valence-corrected chi connectivity index (χ1v) is 18.3. The van der Waals surface area contributed by atoms with Crippen molar-refractivity contribution >= 4 is 34.8 Å². The first kappa shape index (κ1) is 33.0. The maximum atomic E-state index is 15.9. The molecule has 2 aromatic rings. The average Bonchev–Trinajstić information content (AvgIpc) is 3.64. The lowest BCUT2D eigenvalue weighted by atomic mass is 9.81. The fourth-order valence-corrected chi connectivity index (χ4v) is 8.98. The minimum atomic E-state index is -1.17. The lowest BCUT2D eigenvalue weighted by molar-refractivity contribution is -0.135. The zero-order chi connectivity index (χ0) is 33.3. The molecule has 48 heavy (non-hydrogen) atoms. The van der Waals surface area contributed by atoms with Gasteiger partial charge in [-0.1, -0.05) is 57.8 Å². The van der Waals surface area contributed by atoms with Crippen LogP contribution >= 0.6 is 0 Å². The van der Waals surface area contributed by atoms with Crippen molar-refractivity contribution in [2.24, 2.45) is 5.92 Å². The first-order valence-electron chi connectivity index (χ1n) is 18.3. The molecule has 262 valence electrons. The van der Waals surface area contributed by atoms with E-state index in [-0.39, 0.29) is 41.1 Å². The van der Waals surface area contributed by atoms with Crippen LogP contribution in [0.2, 0.25) is 0 Å². The number of nitrogens with two attached hydrogens (primary N) is 1. The number of anilines is 4. The summed E-state index contributed by atoms with van der Waals surface area (Å²) in [6, 6.07) is 0.524. The highest BCUT2D eigenvalue weighted by Gasteiger charge is 2.45. The van der Waals surface area contributed by atoms with Crippen LogP contribution in [0.5, 0.6) is 0 Å². The largest absolute Gasteiger partial charge is 0.381 e. The molecule has 6 heterocycles. The van der Waals surface area contributed by atoms with Crippen LogP contribution in [0.3, 0.4) is 0 Å². The number of carbonyl (C=O) groups is 2. The molecular weight excluding hydrogens is 616 g/mol. The molecule has 0 radical (unpaired) electrons. The van der Waals surface area contributed by atoms with Gasteiger partial charge in [-0.25, -0.2) is 13.5 Å². The van der Waals surface area contributed by atoms with Crippen molar-refractivity contribution in [3.8, 4) is 0 Å². The lowest BCUT2D eigenvalue weighted by Crippen LogP contribution is -2.53. The summed E-state index contributed by atoms with van der Waals surface area (Å²) in [5, 5.41) is 10.6. The van der Waals surface area contributed by atoms with Crippen LogP contribution in [0.4, 0.5) is 31.8 Å². The van der Waals surface area contributed by atoms with Crippen LogP contribution in [-0.4, -0.2) is 93.4 Å². The number of hydrogen-bond donors (Lipinski definition) is 3. The van der Waals surface area contributed by atoms with E-state index in [1.807, 2.05) is 9.80 Å². The monoisotopic (exact) mass is 667 g/mol. The van der Waals surface area contributed by atoms with Crippen LogP contribution in [0.25, 0.3) is 0 Å². The van der Waals surface area contributed by atoms with Crippen molar-refractivity contribution in [2.45, 2.75) is 114 Å². The zero-order valence-electron chi connectivity index (χ0n) is 28.1. The van der Waals surface area contributed by atoms with Gasteiger partial charge in [0.2, 0.25) is 5.91 Å². The molecule has 4 fully saturated rings. The summed E-state index contributed by atoms with van der Waals surface area (Å²) in [6.07, 6.45) is 16.0. The molecular formula is C35H51F2N9O2. The number of pyridine rings is 1. The third kappa shape index (κ3) is 6.58. The van der Waals surface area contributed by atoms with Gasteiger partial charge in [0.05, 0.1) is 36.1 Å². The van der Waals surface area contributed by atoms with Crippen molar-refractivity contribution in [3.63, 3.8) is 0 Å². The van der Waals surface area contributed by atoms with Gasteiger partial charge in [-0.15, -0.1) is 0 Å². The van der Waals surface area contributed by atoms with Gasteiger partial charge < -0.3 is 26.2 Å². The van der Waals surface area contributed by atoms with Crippen LogP contribution in [0.15, 0.2) is 12.4 Å². The second kappa shape index (κ2) is 14.2. The van der Waals surface area contributed by atoms with Gasteiger partial charge in [0.15, 0.2) is 11.6 Å². The molecule has 3 atom stereocenters. The van der Waals surface area contributed by atoms with Crippen molar-refractivity contribution in [2.75, 3.05) is 60.5 Å². The van der Waals surface area contributed by atoms with Crippen LogP contribution < -0.4 is 21.3 Å². The summed E-state index contributed by atoms with van der Waals surface area (Å²) in [6.45, 7) is 3.77. The number of alkyl halides is 1. The smallest absolute Gasteiger partial charge is 0.263 e. The molecule has 0 bridgehead atoms. The fraction of sp³-hybridized carbons (Fsp3) is 0.714. The molecule has 4 aliphatic heterocycles. The predicted octanol–water partition coefficient (Wildman–Crippen LogP) is 5.19. The Morgan fingerprint density at radius 1 is 0.917 bits per heavy atom. The van der Waals surface area contributed by atoms with Crippen molar-refractivity contribution in [1.29, 1.82) is 0 Å². The van der Waals surface area contributed by atoms with Gasteiger partial charge in [-0.3, -0.25) is 19.5 Å². The summed E-state index contributed by atoms with van der Waals surface area (Å²) < 4.78 is 32.9. The number of nitrogens with zero attached hydrogens (tertiary/aromatic N) is 6. The molecule has 11 nitrogen and oxygen atoms in total. The number of piperidine rings is 1. The molecule has 7 rings (SSSR count). The molecule has 3 saturated heterocycles. The van der Waals surface area contributed by atoms with Gasteiger partial charge in [0.1, 0.15) is 23.2 Å². The zero-order valence-corrected chi connectivity index (χ0v) is 28.1. The standard InChI is InChI=1S/C35H51F2N9O2/c36-26-20-39-21-27(30(26)43-15-17-44(18-16-43)34(48)24-19-25-11-7-10-14-45(25)22-24)40-33(47)29-31(38)42-46-23-28(37)35(41-32(29)46)12-8-5-3-1-2-4-6-9-13-35/h20-21,24-25,28,41H,1-19,22-23H2,(H2,38,42)(H,40,47). The molecule has 1 aliphatic carbocycles. The third-order valence-corrected chi connectivity index (χ3v) is 11.6. The Kier molecular flexibility index (Phi) is 9.75. The third-order valence-electron chi connectivity index (χ3n) is 11.6. The number of halogens is 2. The number of hydrogen-bond acceptors (Lipinski definition) is 8. The number of aromatic nitrogens is 3. The van der Waals surface area contributed by atoms with Gasteiger partial charge in [0, 0.05) is 38.8 Å². The fourth-order valence-electron chi connectivity index (χ4n) is 8.98. The van der Waals surface area contributed by atoms with Crippen molar-refractivity contribution in [3.05, 3.63) is 23.8 Å². The number of nitrogens with one attached hydrogen (secondary N) is 2. The number of piperazine rings is 1. The highest BCUT2D eigenvalue weighted by Crippen LogP contribution is 2.41. The van der Waals surface area contributed by atoms with E-state index in [1.165, 1.54) is 43.0 Å². The van der Waals surface area contributed by atoms with E-state index in [0.29, 0.717) is 50.9 Å². The van der Waals surface area contributed by atoms with Gasteiger partial charge in [0.25, 0.3) is 5.91 Å². The summed E-state index contributed by atoms with van der Waals surface area (Å²) in [5.41, 5.74) is 6.10. The highest BCUT2D eigenvalue weighted by molar-refractivity contribution is 6.12. The SMILES string of the molecule is Nc1nn2c(c1C(=O)Nc1cncc(F)c1N1CCN(C(=O)C3CC4CCCCN4C3)CC1)NC1(CCCCCCCCCC1)C(F)C2. The minimum Gasteiger partial charge on any atom is -0.381 e. The molecule has 5 aliphatic rings. The molecule has 1 spiro atoms. The van der Waals surface area contributed by atoms with Crippen LogP contribution in [-0.2, 0) is 11.3 Å². The number of amides is 2. The highest BCUT2D eigenvalue weighted by atomic mass is 19.1. The van der Waals surface area contributed by atoms with Crippen molar-refractivity contribution in [1.82, 2.24) is 24.6 Å². The molecule has 1 saturated carbocycles. The lowest BCUT2D eigenvalue weighted by Gasteiger charge is -2.42. The van der Waals surface area contributed by atoms with E-state index in [9.17, 15) is 9.59 Å². The molecule has 2 amide bonds. The molecule has 3 unspecified atom stereocenters. The number of carbonyl (C=O) groups excluding carboxylic acids is 2. The number of rotatable bonds is 4. The topological polar surface area (TPSA) is 125 Å². The summed E-state index contributed by atoms with van der Waals surface area (Å²) in [4.78, 5) is 37.7. The Morgan fingerprint density at radius 3 is 2.33 bits per heavy atom. The van der Waals surface area contributed by atoms with E-state index < -0.39 is 23.4 Å². The Balaban J connectivity index is 1.05.